The minimum Gasteiger partial charge on any atom is -0.197 e. The topological polar surface area (TPSA) is 0 Å². The van der Waals surface area contributed by atoms with Crippen LogP contribution in [0.4, 0.5) is 0 Å². The van der Waals surface area contributed by atoms with E-state index < -0.39 is 0 Å². The summed E-state index contributed by atoms with van der Waals surface area (Å²) in [4.78, 5) is 0. The third-order valence-corrected chi connectivity index (χ3v) is 0. The van der Waals surface area contributed by atoms with Crippen LogP contribution in [0.3, 0.4) is 0 Å². The molecule has 0 aliphatic carbocycles. The second-order valence-electron chi connectivity index (χ2n) is 0.316. The first-order valence-corrected chi connectivity index (χ1v) is 3.00. The van der Waals surface area contributed by atoms with E-state index in [-0.39, 0.29) is 13.5 Å². The van der Waals surface area contributed by atoms with Crippen LogP contribution in [0.5, 0.6) is 0 Å². The molecule has 0 amide bonds. The van der Waals surface area contributed by atoms with Crippen LogP contribution in [0.25, 0.3) is 0 Å². The van der Waals surface area contributed by atoms with Crippen molar-refractivity contribution in [1.29, 1.82) is 0 Å². The number of hydrogen-bond acceptors (Lipinski definition) is 2. The van der Waals surface area contributed by atoms with Crippen LogP contribution in [0.1, 0.15) is 6.92 Å². The van der Waals surface area contributed by atoms with Crippen LogP contribution < -0.4 is 0 Å². The summed E-state index contributed by atoms with van der Waals surface area (Å²) in [5, 5.41) is 0. The number of thiol groups is 2. The molecule has 3 heteroatoms. The Morgan fingerprint density at radius 3 is 1.33 bits per heavy atom. The Morgan fingerprint density at radius 2 is 1.33 bits per heavy atom. The lowest BCUT2D eigenvalue weighted by Crippen LogP contribution is -1.36. The third-order valence-electron chi connectivity index (χ3n) is 0. The first-order chi connectivity index (χ1) is 2.41. The first kappa shape index (κ1) is 15.7. The minimum absolute atomic E-state index is 0. The van der Waals surface area contributed by atoms with Gasteiger partial charge in [-0.2, -0.15) is 38.8 Å². The maximum absolute atomic E-state index is 3.79. The van der Waals surface area contributed by atoms with Crippen LogP contribution in [0.15, 0.2) is 0 Å². The molecule has 0 aliphatic rings. The van der Waals surface area contributed by atoms with Gasteiger partial charge in [0.25, 0.3) is 0 Å². The van der Waals surface area contributed by atoms with Crippen molar-refractivity contribution in [1.82, 2.24) is 0 Å². The second kappa shape index (κ2) is 36.7. The molecule has 0 saturated carbocycles. The normalized spacial score (nSPS) is 4.00. The lowest BCUT2D eigenvalue weighted by atomic mass is 11.0. The van der Waals surface area contributed by atoms with Gasteiger partial charge in [0.05, 0.1) is 0 Å². The molecule has 0 aliphatic heterocycles. The van der Waals surface area contributed by atoms with Crippen LogP contribution >= 0.6 is 38.8 Å². The summed E-state index contributed by atoms with van der Waals surface area (Å²) < 4.78 is 0. The molecule has 0 atom stereocenters. The van der Waals surface area contributed by atoms with Crippen molar-refractivity contribution in [2.45, 2.75) is 6.92 Å². The van der Waals surface area contributed by atoms with Gasteiger partial charge in [-0.05, 0) is 12.0 Å². The van der Waals surface area contributed by atoms with E-state index in [0.717, 1.165) is 5.75 Å². The van der Waals surface area contributed by atoms with Gasteiger partial charge in [-0.3, -0.25) is 0 Å². The highest BCUT2D eigenvalue weighted by Gasteiger charge is 1.35. The van der Waals surface area contributed by atoms with Crippen LogP contribution in [-0.2, 0) is 0 Å². The van der Waals surface area contributed by atoms with Crippen molar-refractivity contribution in [3.63, 3.8) is 0 Å². The Kier molecular flexibility index (Phi) is 96.3. The van der Waals surface area contributed by atoms with E-state index in [1.54, 1.807) is 6.26 Å². The Hall–Kier alpha value is 1.05. The summed E-state index contributed by atoms with van der Waals surface area (Å²) in [5.41, 5.74) is 0. The van der Waals surface area contributed by atoms with Crippen molar-refractivity contribution >= 4 is 38.8 Å². The van der Waals surface area contributed by atoms with Gasteiger partial charge in [0.15, 0.2) is 0 Å². The number of rotatable bonds is 0. The highest BCUT2D eigenvalue weighted by molar-refractivity contribution is 7.80. The average molecular weight is 144 g/mol. The van der Waals surface area contributed by atoms with E-state index in [9.17, 15) is 0 Å². The van der Waals surface area contributed by atoms with Crippen molar-refractivity contribution < 1.29 is 0 Å². The fourth-order valence-electron chi connectivity index (χ4n) is 0. The van der Waals surface area contributed by atoms with Crippen molar-refractivity contribution in [2.75, 3.05) is 12.0 Å². The summed E-state index contributed by atoms with van der Waals surface area (Å²) >= 11 is 7.32. The standard InChI is InChI=1S/C2H6S.CH4S.H2S/c1-2-3;1-2;/h3H,2H2,1H3;2H,1H3;1H2. The zero-order valence-electron chi connectivity index (χ0n) is 4.10. The average Bonchev–Trinajstić information content (AvgIpc) is 1.46. The first-order valence-electron chi connectivity index (χ1n) is 1.47. The quantitative estimate of drug-likeness (QED) is 0.474. The molecule has 0 unspecified atom stereocenters. The molecule has 0 fully saturated rings. The Bertz CT molecular complexity index is 6.00. The molecule has 0 aromatic rings. The molecule has 0 N–H and O–H groups in total. The summed E-state index contributed by atoms with van der Waals surface area (Å²) in [6.45, 7) is 1.99. The van der Waals surface area contributed by atoms with Crippen LogP contribution in [-0.4, -0.2) is 12.0 Å². The molecule has 0 aromatic heterocycles. The van der Waals surface area contributed by atoms with E-state index >= 15 is 0 Å². The summed E-state index contributed by atoms with van der Waals surface area (Å²) in [6, 6.07) is 0. The van der Waals surface area contributed by atoms with E-state index in [1.165, 1.54) is 0 Å². The Balaban J connectivity index is -0.0000000275. The SMILES string of the molecule is CCS.CS.S. The lowest BCUT2D eigenvalue weighted by molar-refractivity contribution is 1.54. The predicted octanol–water partition coefficient (Wildman–Crippen LogP) is 1.59. The molecule has 0 rings (SSSR count). The molecule has 0 bridgehead atoms. The predicted molar refractivity (Wildman–Crippen MR) is 44.8 cm³/mol. The molecule has 0 aromatic carbocycles. The molecule has 0 nitrogen and oxygen atoms in total. The molecule has 0 radical (unpaired) electrons. The Morgan fingerprint density at radius 1 is 1.33 bits per heavy atom. The molecule has 42 valence electrons. The molecular weight excluding hydrogens is 132 g/mol. The zero-order chi connectivity index (χ0) is 4.71. The van der Waals surface area contributed by atoms with Crippen molar-refractivity contribution in [3.8, 4) is 0 Å². The monoisotopic (exact) mass is 144 g/mol. The smallest absolute Gasteiger partial charge is 0.0126 e. The van der Waals surface area contributed by atoms with Crippen LogP contribution in [0.2, 0.25) is 0 Å². The fourth-order valence-corrected chi connectivity index (χ4v) is 0. The maximum Gasteiger partial charge on any atom is -0.0126 e. The Labute approximate surface area is 58.0 Å². The minimum atomic E-state index is 0. The van der Waals surface area contributed by atoms with Crippen LogP contribution in [0, 0.1) is 0 Å². The van der Waals surface area contributed by atoms with Gasteiger partial charge >= 0.3 is 0 Å². The lowest BCUT2D eigenvalue weighted by Gasteiger charge is -1.48. The van der Waals surface area contributed by atoms with Gasteiger partial charge in [-0.25, -0.2) is 0 Å². The third kappa shape index (κ3) is 75.1. The van der Waals surface area contributed by atoms with E-state index in [2.05, 4.69) is 25.3 Å². The summed E-state index contributed by atoms with van der Waals surface area (Å²) in [5.74, 6) is 0.944. The molecular formula is C3H12S3. The summed E-state index contributed by atoms with van der Waals surface area (Å²) in [7, 11) is 0. The maximum atomic E-state index is 3.79. The van der Waals surface area contributed by atoms with Gasteiger partial charge in [-0.1, -0.05) is 6.92 Å². The van der Waals surface area contributed by atoms with Gasteiger partial charge in [0.2, 0.25) is 0 Å². The van der Waals surface area contributed by atoms with Gasteiger partial charge in [0, 0.05) is 0 Å². The number of hydrogen-bond donors (Lipinski definition) is 2. The van der Waals surface area contributed by atoms with Gasteiger partial charge < -0.3 is 0 Å². The van der Waals surface area contributed by atoms with Gasteiger partial charge in [0.1, 0.15) is 0 Å². The second-order valence-corrected chi connectivity index (χ2v) is 0.949. The van der Waals surface area contributed by atoms with Gasteiger partial charge in [-0.15, -0.1) is 0 Å². The molecule has 0 spiro atoms. The van der Waals surface area contributed by atoms with Crippen molar-refractivity contribution in [3.05, 3.63) is 0 Å². The molecule has 0 saturated heterocycles. The van der Waals surface area contributed by atoms with Crippen molar-refractivity contribution in [2.24, 2.45) is 0 Å². The molecule has 0 heterocycles. The van der Waals surface area contributed by atoms with E-state index in [1.807, 2.05) is 6.92 Å². The highest BCUT2D eigenvalue weighted by Crippen LogP contribution is 1.58. The van der Waals surface area contributed by atoms with E-state index in [4.69, 9.17) is 0 Å². The largest absolute Gasteiger partial charge is 0.197 e. The zero-order valence-corrected chi connectivity index (χ0v) is 6.89. The van der Waals surface area contributed by atoms with E-state index in [0.29, 0.717) is 0 Å². The molecule has 6 heavy (non-hydrogen) atoms. The fraction of sp³-hybridized carbons (Fsp3) is 1.00. The highest BCUT2D eigenvalue weighted by atomic mass is 32.1. The summed E-state index contributed by atoms with van der Waals surface area (Å²) in [6.07, 6.45) is 1.69.